The van der Waals surface area contributed by atoms with E-state index in [1.165, 1.54) is 10.7 Å². The number of benzene rings is 3. The van der Waals surface area contributed by atoms with E-state index >= 15 is 0 Å². The van der Waals surface area contributed by atoms with Crippen molar-refractivity contribution in [2.45, 2.75) is 67.0 Å². The molecule has 0 fully saturated rings. The average molecular weight is 666 g/mol. The molecule has 0 bridgehead atoms. The maximum absolute atomic E-state index is 2.66. The van der Waals surface area contributed by atoms with Crippen LogP contribution in [0.3, 0.4) is 0 Å². The second-order valence-electron chi connectivity index (χ2n) is 13.8. The normalized spacial score (nSPS) is 24.0. The number of fused-ring (bicyclic) bond motifs is 1. The van der Waals surface area contributed by atoms with E-state index in [4.69, 9.17) is 0 Å². The second kappa shape index (κ2) is 11.0. The van der Waals surface area contributed by atoms with E-state index in [1.807, 2.05) is 10.1 Å². The number of hydrogen-bond donors (Lipinski definition) is 0. The van der Waals surface area contributed by atoms with E-state index in [2.05, 4.69) is 160 Å². The number of hydrogen-bond acceptors (Lipinski definition) is 0. The van der Waals surface area contributed by atoms with Crippen LogP contribution in [0.4, 0.5) is 0 Å². The van der Waals surface area contributed by atoms with Crippen molar-refractivity contribution >= 4 is 64.2 Å². The number of rotatable bonds is 3. The van der Waals surface area contributed by atoms with Gasteiger partial charge in [-0.05, 0) is 33.0 Å². The molecule has 3 atom stereocenters. The minimum absolute atomic E-state index is 0.389. The maximum atomic E-state index is 2.66. The summed E-state index contributed by atoms with van der Waals surface area (Å²) in [7, 11) is 2.79. The van der Waals surface area contributed by atoms with Crippen LogP contribution in [-0.4, -0.2) is 41.1 Å². The zero-order valence-electron chi connectivity index (χ0n) is 25.1. The van der Waals surface area contributed by atoms with Gasteiger partial charge in [0.1, 0.15) is 0 Å². The molecule has 0 nitrogen and oxygen atoms in total. The molecule has 2 aliphatic heterocycles. The Balaban J connectivity index is 0.000000177. The quantitative estimate of drug-likeness (QED) is 0.194. The molecule has 4 heteroatoms. The fourth-order valence-electron chi connectivity index (χ4n) is 6.13. The first-order chi connectivity index (χ1) is 17.6. The van der Waals surface area contributed by atoms with E-state index in [-0.39, 0.29) is 0 Å². The topological polar surface area (TPSA) is 0 Å². The Morgan fingerprint density at radius 1 is 0.605 bits per heavy atom. The summed E-state index contributed by atoms with van der Waals surface area (Å²) in [5, 5.41) is 3.82. The van der Waals surface area contributed by atoms with Gasteiger partial charge in [-0.2, -0.15) is 0 Å². The van der Waals surface area contributed by atoms with Gasteiger partial charge in [0.2, 0.25) is 0 Å². The van der Waals surface area contributed by atoms with Gasteiger partial charge in [0.05, 0.1) is 4.64 Å². The SMILES string of the molecule is CC(C)(C)C1=PC2(C(C)(C)C)PC(C(C)(C)C)=P12C.c1cc[c]([Sn]([c]2ccccc2)[c]2ccccc2)cc1. The van der Waals surface area contributed by atoms with Crippen LogP contribution in [0.2, 0.25) is 0 Å². The summed E-state index contributed by atoms with van der Waals surface area (Å²) in [6, 6.07) is 32.9. The van der Waals surface area contributed by atoms with Gasteiger partial charge in [-0.1, -0.05) is 86.0 Å². The molecular weight excluding hydrogens is 620 g/mol. The zero-order valence-corrected chi connectivity index (χ0v) is 30.7. The summed E-state index contributed by atoms with van der Waals surface area (Å²) in [6.07, 6.45) is 0. The van der Waals surface area contributed by atoms with Crippen LogP contribution in [-0.2, 0) is 0 Å². The Kier molecular flexibility index (Phi) is 8.76. The van der Waals surface area contributed by atoms with Crippen LogP contribution < -0.4 is 10.7 Å². The molecule has 0 N–H and O–H groups in total. The molecule has 2 heterocycles. The molecule has 0 spiro atoms. The van der Waals surface area contributed by atoms with E-state index < -0.39 is 26.6 Å². The van der Waals surface area contributed by atoms with Crippen molar-refractivity contribution < 1.29 is 0 Å². The Hall–Kier alpha value is -0.641. The second-order valence-corrected chi connectivity index (χ2v) is 29.3. The average Bonchev–Trinajstić information content (AvgIpc) is 2.84. The summed E-state index contributed by atoms with van der Waals surface area (Å²) >= 11 is -1.98. The third kappa shape index (κ3) is 5.47. The van der Waals surface area contributed by atoms with Crippen LogP contribution in [0, 0.1) is 16.2 Å². The Bertz CT molecular complexity index is 1240. The molecule has 0 aromatic heterocycles. The molecule has 2 aliphatic rings. The van der Waals surface area contributed by atoms with Gasteiger partial charge in [-0.15, -0.1) is 0 Å². The van der Waals surface area contributed by atoms with Crippen molar-refractivity contribution in [3.63, 3.8) is 0 Å². The van der Waals surface area contributed by atoms with E-state index in [9.17, 15) is 0 Å². The molecule has 3 aromatic rings. The van der Waals surface area contributed by atoms with Gasteiger partial charge in [-0.25, -0.2) is 0 Å². The molecule has 5 rings (SSSR count). The molecule has 38 heavy (non-hydrogen) atoms. The predicted octanol–water partition coefficient (Wildman–Crippen LogP) is 8.54. The molecule has 3 aromatic carbocycles. The van der Waals surface area contributed by atoms with Crippen molar-refractivity contribution in [2.24, 2.45) is 16.2 Å². The van der Waals surface area contributed by atoms with Gasteiger partial charge in [0.25, 0.3) is 0 Å². The Morgan fingerprint density at radius 3 is 1.26 bits per heavy atom. The van der Waals surface area contributed by atoms with Crippen molar-refractivity contribution in [2.75, 3.05) is 6.66 Å². The summed E-state index contributed by atoms with van der Waals surface area (Å²) in [6.45, 7) is 23.7. The molecule has 3 unspecified atom stereocenters. The minimum atomic E-state index is -1.98. The van der Waals surface area contributed by atoms with Crippen LogP contribution in [0.15, 0.2) is 91.0 Å². The molecule has 1 radical (unpaired) electrons. The third-order valence-corrected chi connectivity index (χ3v) is 31.5. The summed E-state index contributed by atoms with van der Waals surface area (Å²) in [4.78, 5) is 0. The standard InChI is InChI=1S/C16H31P3.3C6H5.Sn/c1-13(2,3)11-17-16(15(7,8)9)18-12(14(4,5)6)19(11,16)10;3*1-2-4-6-5-3-1;/h17H,1-10H3;3*1-5H;. The molecule has 0 amide bonds. The first-order valence-corrected chi connectivity index (χ1v) is 22.2. The fourth-order valence-corrected chi connectivity index (χ4v) is 29.1. The Morgan fingerprint density at radius 2 is 0.974 bits per heavy atom. The van der Waals surface area contributed by atoms with Crippen molar-refractivity contribution in [3.8, 4) is 0 Å². The molecule has 0 aliphatic carbocycles. The van der Waals surface area contributed by atoms with E-state index in [1.54, 1.807) is 8.20 Å². The van der Waals surface area contributed by atoms with Gasteiger partial charge < -0.3 is 0 Å². The summed E-state index contributed by atoms with van der Waals surface area (Å²) < 4.78 is 5.22. The van der Waals surface area contributed by atoms with Crippen molar-refractivity contribution in [1.82, 2.24) is 0 Å². The van der Waals surface area contributed by atoms with Crippen molar-refractivity contribution in [1.29, 1.82) is 0 Å². The monoisotopic (exact) mass is 667 g/mol. The third-order valence-electron chi connectivity index (χ3n) is 7.69. The van der Waals surface area contributed by atoms with Crippen LogP contribution in [0.1, 0.15) is 62.3 Å². The van der Waals surface area contributed by atoms with Crippen LogP contribution in [0.5, 0.6) is 0 Å². The molecular formula is C34H46P3Sn. The summed E-state index contributed by atoms with van der Waals surface area (Å²) in [5.41, 5.74) is 1.25. The van der Waals surface area contributed by atoms with Gasteiger partial charge in [-0.3, -0.25) is 0 Å². The Labute approximate surface area is 243 Å². The molecule has 201 valence electrons. The zero-order chi connectivity index (χ0) is 28.0. The van der Waals surface area contributed by atoms with Gasteiger partial charge in [0.15, 0.2) is 0 Å². The van der Waals surface area contributed by atoms with Crippen molar-refractivity contribution in [3.05, 3.63) is 91.0 Å². The van der Waals surface area contributed by atoms with Crippen LogP contribution in [0.25, 0.3) is 0 Å². The van der Waals surface area contributed by atoms with E-state index in [0.29, 0.717) is 20.9 Å². The molecule has 0 saturated carbocycles. The predicted molar refractivity (Wildman–Crippen MR) is 183 cm³/mol. The van der Waals surface area contributed by atoms with Gasteiger partial charge >= 0.3 is 121 Å². The van der Waals surface area contributed by atoms with E-state index in [0.717, 1.165) is 8.58 Å². The molecule has 0 saturated heterocycles. The first-order valence-electron chi connectivity index (χ1n) is 13.8. The van der Waals surface area contributed by atoms with Crippen LogP contribution >= 0.6 is 23.7 Å². The first kappa shape index (κ1) is 30.3. The fraction of sp³-hybridized carbons (Fsp3) is 0.412. The van der Waals surface area contributed by atoms with Gasteiger partial charge in [0, 0.05) is 0 Å². The summed E-state index contributed by atoms with van der Waals surface area (Å²) in [5.74, 6) is 0.